The molecule has 0 saturated carbocycles. The Kier molecular flexibility index (Phi) is 6.41. The van der Waals surface area contributed by atoms with Gasteiger partial charge in [0.25, 0.3) is 5.91 Å². The zero-order chi connectivity index (χ0) is 24.4. The van der Waals surface area contributed by atoms with Crippen molar-refractivity contribution in [2.75, 3.05) is 25.5 Å². The molecule has 2 aromatic carbocycles. The number of likely N-dealkylation sites (tertiary alicyclic amines) is 1. The lowest BCUT2D eigenvalue weighted by Crippen LogP contribution is -2.44. The Morgan fingerprint density at radius 2 is 2.11 bits per heavy atom. The lowest BCUT2D eigenvalue weighted by molar-refractivity contribution is 0.0505. The van der Waals surface area contributed by atoms with Gasteiger partial charge in [0.05, 0.1) is 36.1 Å². The first kappa shape index (κ1) is 22.9. The number of methoxy groups -OCH3 is 1. The molecule has 1 atom stereocenters. The van der Waals surface area contributed by atoms with Gasteiger partial charge in [-0.2, -0.15) is 0 Å². The number of furan rings is 1. The molecule has 180 valence electrons. The highest BCUT2D eigenvalue weighted by atomic mass is 35.5. The van der Waals surface area contributed by atoms with Gasteiger partial charge >= 0.3 is 0 Å². The summed E-state index contributed by atoms with van der Waals surface area (Å²) in [5.74, 6) is 0.913. The molecule has 1 fully saturated rings. The summed E-state index contributed by atoms with van der Waals surface area (Å²) in [6, 6.07) is 11.5. The Labute approximate surface area is 205 Å². The normalized spacial score (nSPS) is 15.7. The highest BCUT2D eigenvalue weighted by molar-refractivity contribution is 6.31. The van der Waals surface area contributed by atoms with Crippen molar-refractivity contribution in [3.63, 3.8) is 0 Å². The number of hydrogen-bond donors (Lipinski definition) is 1. The smallest absolute Gasteiger partial charge is 0.289 e. The third-order valence-corrected chi connectivity index (χ3v) is 6.11. The van der Waals surface area contributed by atoms with E-state index in [0.717, 1.165) is 12.8 Å². The predicted octanol–water partition coefficient (Wildman–Crippen LogP) is 5.45. The summed E-state index contributed by atoms with van der Waals surface area (Å²) < 4.78 is 31.6. The number of halogens is 2. The van der Waals surface area contributed by atoms with Gasteiger partial charge in [0, 0.05) is 18.0 Å². The van der Waals surface area contributed by atoms with Crippen LogP contribution >= 0.6 is 11.6 Å². The summed E-state index contributed by atoms with van der Waals surface area (Å²) in [5.41, 5.74) is 0.780. The van der Waals surface area contributed by atoms with Gasteiger partial charge in [-0.05, 0) is 43.2 Å². The Balaban J connectivity index is 1.43. The van der Waals surface area contributed by atoms with Gasteiger partial charge in [0.1, 0.15) is 18.2 Å². The Morgan fingerprint density at radius 1 is 1.23 bits per heavy atom. The fourth-order valence-corrected chi connectivity index (χ4v) is 4.27. The standard InChI is InChI=1S/C25H22ClFN4O4/c1-33-21-12-19-16(24(29-14-28-19)30-18-7-2-6-17(26)23(18)27)11-22(21)35-15-5-3-9-31(13-15)25(32)20-8-4-10-34-20/h2,4,6-8,10-12,14-15H,3,5,9,13H2,1H3,(H,28,29,30)/t15-/m1/s1. The van der Waals surface area contributed by atoms with Crippen LogP contribution < -0.4 is 14.8 Å². The fraction of sp³-hybridized carbons (Fsp3) is 0.240. The van der Waals surface area contributed by atoms with Gasteiger partial charge in [-0.25, -0.2) is 14.4 Å². The first-order valence-corrected chi connectivity index (χ1v) is 11.4. The lowest BCUT2D eigenvalue weighted by Gasteiger charge is -2.32. The van der Waals surface area contributed by atoms with E-state index in [1.54, 1.807) is 48.4 Å². The van der Waals surface area contributed by atoms with E-state index < -0.39 is 5.82 Å². The van der Waals surface area contributed by atoms with Gasteiger partial charge in [0.15, 0.2) is 23.1 Å². The van der Waals surface area contributed by atoms with Crippen molar-refractivity contribution in [2.45, 2.75) is 18.9 Å². The summed E-state index contributed by atoms with van der Waals surface area (Å²) in [5, 5.41) is 3.61. The van der Waals surface area contributed by atoms with Crippen LogP contribution in [0.25, 0.3) is 10.9 Å². The Bertz CT molecular complexity index is 1370. The van der Waals surface area contributed by atoms with Gasteiger partial charge in [-0.3, -0.25) is 4.79 Å². The maximum atomic E-state index is 14.5. The molecule has 1 amide bonds. The van der Waals surface area contributed by atoms with E-state index in [0.29, 0.717) is 47.1 Å². The number of nitrogens with zero attached hydrogens (tertiary/aromatic N) is 3. The van der Waals surface area contributed by atoms with Crippen LogP contribution in [0.4, 0.5) is 15.9 Å². The number of anilines is 2. The average molecular weight is 497 g/mol. The zero-order valence-electron chi connectivity index (χ0n) is 18.8. The number of carbonyl (C=O) groups excluding carboxylic acids is 1. The largest absolute Gasteiger partial charge is 0.493 e. The third-order valence-electron chi connectivity index (χ3n) is 5.82. The quantitative estimate of drug-likeness (QED) is 0.379. The summed E-state index contributed by atoms with van der Waals surface area (Å²) >= 11 is 5.92. The van der Waals surface area contributed by atoms with E-state index in [1.807, 2.05) is 0 Å². The van der Waals surface area contributed by atoms with Crippen LogP contribution in [0.5, 0.6) is 11.5 Å². The van der Waals surface area contributed by atoms with Crippen LogP contribution in [0.2, 0.25) is 5.02 Å². The minimum atomic E-state index is -0.575. The van der Waals surface area contributed by atoms with Gasteiger partial charge in [-0.15, -0.1) is 0 Å². The Morgan fingerprint density at radius 3 is 2.91 bits per heavy atom. The molecular weight excluding hydrogens is 475 g/mol. The average Bonchev–Trinajstić information content (AvgIpc) is 3.41. The number of fused-ring (bicyclic) bond motifs is 1. The van der Waals surface area contributed by atoms with E-state index in [-0.39, 0.29) is 22.7 Å². The number of carbonyl (C=O) groups is 1. The Hall–Kier alpha value is -3.85. The van der Waals surface area contributed by atoms with Crippen LogP contribution in [0.15, 0.2) is 59.5 Å². The van der Waals surface area contributed by atoms with Crippen LogP contribution in [-0.2, 0) is 0 Å². The van der Waals surface area contributed by atoms with Crippen LogP contribution in [0.1, 0.15) is 23.4 Å². The van der Waals surface area contributed by atoms with E-state index in [2.05, 4.69) is 15.3 Å². The number of rotatable bonds is 6. The van der Waals surface area contributed by atoms with E-state index in [4.69, 9.17) is 25.5 Å². The molecule has 0 aliphatic carbocycles. The zero-order valence-corrected chi connectivity index (χ0v) is 19.6. The van der Waals surface area contributed by atoms with Crippen molar-refractivity contribution in [1.82, 2.24) is 14.9 Å². The first-order valence-electron chi connectivity index (χ1n) is 11.1. The van der Waals surface area contributed by atoms with Crippen LogP contribution in [0.3, 0.4) is 0 Å². The van der Waals surface area contributed by atoms with Crippen molar-refractivity contribution in [2.24, 2.45) is 0 Å². The molecule has 1 N–H and O–H groups in total. The maximum Gasteiger partial charge on any atom is 0.289 e. The predicted molar refractivity (Wildman–Crippen MR) is 129 cm³/mol. The summed E-state index contributed by atoms with van der Waals surface area (Å²) in [6.07, 6.45) is 4.17. The highest BCUT2D eigenvalue weighted by Gasteiger charge is 2.28. The topological polar surface area (TPSA) is 89.7 Å². The number of piperidine rings is 1. The third kappa shape index (κ3) is 4.72. The molecule has 2 aromatic heterocycles. The molecule has 35 heavy (non-hydrogen) atoms. The van der Waals surface area contributed by atoms with E-state index in [9.17, 15) is 9.18 Å². The van der Waals surface area contributed by atoms with Crippen molar-refractivity contribution in [3.05, 3.63) is 71.7 Å². The minimum absolute atomic E-state index is 0.00463. The fourth-order valence-electron chi connectivity index (χ4n) is 4.10. The molecule has 0 bridgehead atoms. The van der Waals surface area contributed by atoms with Crippen molar-refractivity contribution >= 4 is 39.9 Å². The monoisotopic (exact) mass is 496 g/mol. The molecule has 1 aliphatic heterocycles. The van der Waals surface area contributed by atoms with Crippen LogP contribution in [-0.4, -0.2) is 47.1 Å². The minimum Gasteiger partial charge on any atom is -0.493 e. The highest BCUT2D eigenvalue weighted by Crippen LogP contribution is 2.36. The second kappa shape index (κ2) is 9.79. The molecule has 0 spiro atoms. The summed E-state index contributed by atoms with van der Waals surface area (Å²) in [7, 11) is 1.54. The number of aromatic nitrogens is 2. The van der Waals surface area contributed by atoms with Crippen molar-refractivity contribution in [1.29, 1.82) is 0 Å². The van der Waals surface area contributed by atoms with Gasteiger partial charge in [-0.1, -0.05) is 17.7 Å². The molecule has 5 rings (SSSR count). The van der Waals surface area contributed by atoms with E-state index in [1.165, 1.54) is 18.7 Å². The maximum absolute atomic E-state index is 14.5. The second-order valence-corrected chi connectivity index (χ2v) is 8.49. The lowest BCUT2D eigenvalue weighted by atomic mass is 10.1. The SMILES string of the molecule is COc1cc2ncnc(Nc3cccc(Cl)c3F)c2cc1O[C@@H]1CCCN(C(=O)c2ccco2)C1. The number of benzene rings is 2. The first-order chi connectivity index (χ1) is 17.0. The second-order valence-electron chi connectivity index (χ2n) is 8.08. The van der Waals surface area contributed by atoms with Gasteiger partial charge < -0.3 is 24.1 Å². The van der Waals surface area contributed by atoms with E-state index >= 15 is 0 Å². The number of nitrogens with one attached hydrogen (secondary N) is 1. The van der Waals surface area contributed by atoms with Crippen molar-refractivity contribution in [3.8, 4) is 11.5 Å². The molecule has 3 heterocycles. The molecule has 10 heteroatoms. The molecule has 8 nitrogen and oxygen atoms in total. The van der Waals surface area contributed by atoms with Gasteiger partial charge in [0.2, 0.25) is 0 Å². The molecule has 1 saturated heterocycles. The number of ether oxygens (including phenoxy) is 2. The summed E-state index contributed by atoms with van der Waals surface area (Å²) in [4.78, 5) is 23.0. The number of amides is 1. The molecule has 0 unspecified atom stereocenters. The summed E-state index contributed by atoms with van der Waals surface area (Å²) in [6.45, 7) is 1.03. The molecular formula is C25H22ClFN4O4. The molecule has 1 aliphatic rings. The molecule has 0 radical (unpaired) electrons. The molecule has 4 aromatic rings. The number of hydrogen-bond acceptors (Lipinski definition) is 7. The van der Waals surface area contributed by atoms with Crippen molar-refractivity contribution < 1.29 is 23.1 Å². The van der Waals surface area contributed by atoms with Crippen LogP contribution in [0, 0.1) is 5.82 Å².